The lowest BCUT2D eigenvalue weighted by molar-refractivity contribution is 0.185. The zero-order valence-electron chi connectivity index (χ0n) is 10.2. The van der Waals surface area contributed by atoms with E-state index in [1.54, 1.807) is 0 Å². The third-order valence-corrected chi connectivity index (χ3v) is 3.45. The normalized spacial score (nSPS) is 26.8. The summed E-state index contributed by atoms with van der Waals surface area (Å²) in [6, 6.07) is 1.37. The van der Waals surface area contributed by atoms with Gasteiger partial charge in [-0.2, -0.15) is 0 Å². The molecule has 0 spiro atoms. The maximum Gasteiger partial charge on any atom is 0.0198 e. The zero-order chi connectivity index (χ0) is 10.6. The fourth-order valence-electron chi connectivity index (χ4n) is 2.04. The molecule has 14 heavy (non-hydrogen) atoms. The van der Waals surface area contributed by atoms with E-state index in [2.05, 4.69) is 37.9 Å². The lowest BCUT2D eigenvalue weighted by Crippen LogP contribution is -2.49. The van der Waals surface area contributed by atoms with Gasteiger partial charge in [0.2, 0.25) is 0 Å². The smallest absolute Gasteiger partial charge is 0.0198 e. The molecular weight excluding hydrogens is 172 g/mol. The molecule has 0 aromatic rings. The average molecular weight is 198 g/mol. The van der Waals surface area contributed by atoms with E-state index in [0.29, 0.717) is 6.04 Å². The Morgan fingerprint density at radius 3 is 2.64 bits per heavy atom. The van der Waals surface area contributed by atoms with E-state index >= 15 is 0 Å². The third-order valence-electron chi connectivity index (χ3n) is 3.45. The Labute approximate surface area is 89.1 Å². The van der Waals surface area contributed by atoms with Crippen molar-refractivity contribution in [3.8, 4) is 0 Å². The molecule has 0 amide bonds. The Kier molecular flexibility index (Phi) is 4.90. The molecule has 2 nitrogen and oxygen atoms in total. The molecule has 2 atom stereocenters. The summed E-state index contributed by atoms with van der Waals surface area (Å²) in [7, 11) is 0. The first-order valence-corrected chi connectivity index (χ1v) is 6.12. The summed E-state index contributed by atoms with van der Waals surface area (Å²) in [4.78, 5) is 2.55. The van der Waals surface area contributed by atoms with E-state index in [0.717, 1.165) is 12.0 Å². The quantitative estimate of drug-likeness (QED) is 0.744. The van der Waals surface area contributed by atoms with Crippen LogP contribution in [0.4, 0.5) is 0 Å². The molecule has 1 aliphatic heterocycles. The second kappa shape index (κ2) is 5.72. The summed E-state index contributed by atoms with van der Waals surface area (Å²) in [5.74, 6) is 0.743. The topological polar surface area (TPSA) is 15.3 Å². The van der Waals surface area contributed by atoms with Crippen LogP contribution in [0.3, 0.4) is 0 Å². The van der Waals surface area contributed by atoms with Gasteiger partial charge >= 0.3 is 0 Å². The number of nitrogens with zero attached hydrogens (tertiary/aromatic N) is 1. The number of hydrogen-bond donors (Lipinski definition) is 1. The van der Waals surface area contributed by atoms with Gasteiger partial charge in [-0.1, -0.05) is 20.8 Å². The fourth-order valence-corrected chi connectivity index (χ4v) is 2.04. The number of rotatable bonds is 4. The predicted octanol–water partition coefficient (Wildman–Crippen LogP) is 2.10. The SMILES string of the molecule is CCN1CCCC(NC(C)C(C)C)C1. The Bertz CT molecular complexity index is 156. The van der Waals surface area contributed by atoms with Crippen LogP contribution in [-0.4, -0.2) is 36.6 Å². The van der Waals surface area contributed by atoms with E-state index in [1.165, 1.54) is 32.5 Å². The minimum absolute atomic E-state index is 0.650. The van der Waals surface area contributed by atoms with Gasteiger partial charge in [-0.15, -0.1) is 0 Å². The molecule has 1 N–H and O–H groups in total. The summed E-state index contributed by atoms with van der Waals surface area (Å²) < 4.78 is 0. The lowest BCUT2D eigenvalue weighted by Gasteiger charge is -2.34. The molecule has 0 saturated carbocycles. The standard InChI is InChI=1S/C12H26N2/c1-5-14-8-6-7-12(9-14)13-11(4)10(2)3/h10-13H,5-9H2,1-4H3. The highest BCUT2D eigenvalue weighted by molar-refractivity contribution is 4.80. The van der Waals surface area contributed by atoms with Crippen LogP contribution in [0.1, 0.15) is 40.5 Å². The molecule has 1 rings (SSSR count). The number of nitrogens with one attached hydrogen (secondary N) is 1. The summed E-state index contributed by atoms with van der Waals surface area (Å²) >= 11 is 0. The van der Waals surface area contributed by atoms with Crippen molar-refractivity contribution in [2.24, 2.45) is 5.92 Å². The second-order valence-electron chi connectivity index (χ2n) is 4.93. The van der Waals surface area contributed by atoms with Crippen LogP contribution in [0.5, 0.6) is 0 Å². The number of piperidine rings is 1. The molecule has 2 unspecified atom stereocenters. The molecule has 0 radical (unpaired) electrons. The van der Waals surface area contributed by atoms with Crippen LogP contribution in [0.25, 0.3) is 0 Å². The summed E-state index contributed by atoms with van der Waals surface area (Å²) in [6.45, 7) is 12.9. The molecule has 84 valence electrons. The number of hydrogen-bond acceptors (Lipinski definition) is 2. The molecular formula is C12H26N2. The van der Waals surface area contributed by atoms with Gasteiger partial charge in [0.25, 0.3) is 0 Å². The summed E-state index contributed by atoms with van der Waals surface area (Å²) in [6.07, 6.45) is 2.71. The molecule has 2 heteroatoms. The molecule has 1 heterocycles. The Hall–Kier alpha value is -0.0800. The van der Waals surface area contributed by atoms with E-state index in [1.807, 2.05) is 0 Å². The highest BCUT2D eigenvalue weighted by atomic mass is 15.2. The maximum absolute atomic E-state index is 3.74. The van der Waals surface area contributed by atoms with Crippen LogP contribution in [0.2, 0.25) is 0 Å². The van der Waals surface area contributed by atoms with Gasteiger partial charge < -0.3 is 10.2 Å². The minimum Gasteiger partial charge on any atom is -0.310 e. The molecule has 0 aliphatic carbocycles. The van der Waals surface area contributed by atoms with E-state index in [4.69, 9.17) is 0 Å². The van der Waals surface area contributed by atoms with Crippen molar-refractivity contribution in [3.63, 3.8) is 0 Å². The molecule has 1 aliphatic rings. The first kappa shape index (κ1) is 12.0. The van der Waals surface area contributed by atoms with Gasteiger partial charge in [0.1, 0.15) is 0 Å². The minimum atomic E-state index is 0.650. The van der Waals surface area contributed by atoms with Gasteiger partial charge in [-0.25, -0.2) is 0 Å². The zero-order valence-corrected chi connectivity index (χ0v) is 10.2. The van der Waals surface area contributed by atoms with Crippen LogP contribution < -0.4 is 5.32 Å². The van der Waals surface area contributed by atoms with Crippen molar-refractivity contribution in [2.45, 2.75) is 52.6 Å². The van der Waals surface area contributed by atoms with Gasteiger partial charge in [0.15, 0.2) is 0 Å². The molecule has 0 bridgehead atoms. The number of likely N-dealkylation sites (N-methyl/N-ethyl adjacent to an activating group) is 1. The van der Waals surface area contributed by atoms with Crippen molar-refractivity contribution >= 4 is 0 Å². The third kappa shape index (κ3) is 3.58. The highest BCUT2D eigenvalue weighted by Crippen LogP contribution is 2.11. The first-order chi connectivity index (χ1) is 6.63. The van der Waals surface area contributed by atoms with Crippen molar-refractivity contribution < 1.29 is 0 Å². The van der Waals surface area contributed by atoms with Crippen LogP contribution >= 0.6 is 0 Å². The van der Waals surface area contributed by atoms with Crippen LogP contribution in [-0.2, 0) is 0 Å². The Morgan fingerprint density at radius 1 is 1.36 bits per heavy atom. The van der Waals surface area contributed by atoms with Crippen molar-refractivity contribution in [2.75, 3.05) is 19.6 Å². The second-order valence-corrected chi connectivity index (χ2v) is 4.93. The van der Waals surface area contributed by atoms with Crippen molar-refractivity contribution in [1.82, 2.24) is 10.2 Å². The summed E-state index contributed by atoms with van der Waals surface area (Å²) in [5, 5.41) is 3.74. The largest absolute Gasteiger partial charge is 0.310 e. The summed E-state index contributed by atoms with van der Waals surface area (Å²) in [5.41, 5.74) is 0. The Morgan fingerprint density at radius 2 is 2.07 bits per heavy atom. The van der Waals surface area contributed by atoms with Crippen LogP contribution in [0.15, 0.2) is 0 Å². The molecule has 0 aromatic heterocycles. The van der Waals surface area contributed by atoms with Gasteiger partial charge in [-0.3, -0.25) is 0 Å². The fraction of sp³-hybridized carbons (Fsp3) is 1.00. The van der Waals surface area contributed by atoms with E-state index in [9.17, 15) is 0 Å². The lowest BCUT2D eigenvalue weighted by atomic mass is 10.0. The Balaban J connectivity index is 2.30. The van der Waals surface area contributed by atoms with Crippen LogP contribution in [0, 0.1) is 5.92 Å². The monoisotopic (exact) mass is 198 g/mol. The first-order valence-electron chi connectivity index (χ1n) is 6.12. The predicted molar refractivity (Wildman–Crippen MR) is 62.6 cm³/mol. The average Bonchev–Trinajstić information content (AvgIpc) is 2.18. The number of likely N-dealkylation sites (tertiary alicyclic amines) is 1. The molecule has 1 saturated heterocycles. The maximum atomic E-state index is 3.74. The molecule has 0 aromatic carbocycles. The van der Waals surface area contributed by atoms with Crippen molar-refractivity contribution in [3.05, 3.63) is 0 Å². The highest BCUT2D eigenvalue weighted by Gasteiger charge is 2.20. The van der Waals surface area contributed by atoms with E-state index in [-0.39, 0.29) is 0 Å². The van der Waals surface area contributed by atoms with Crippen molar-refractivity contribution in [1.29, 1.82) is 0 Å². The molecule has 1 fully saturated rings. The van der Waals surface area contributed by atoms with Gasteiger partial charge in [0.05, 0.1) is 0 Å². The van der Waals surface area contributed by atoms with Gasteiger partial charge in [-0.05, 0) is 38.8 Å². The van der Waals surface area contributed by atoms with Gasteiger partial charge in [0, 0.05) is 18.6 Å². The van der Waals surface area contributed by atoms with E-state index < -0.39 is 0 Å².